The van der Waals surface area contributed by atoms with Crippen LogP contribution in [0, 0.1) is 6.92 Å². The van der Waals surface area contributed by atoms with Crippen molar-refractivity contribution in [2.75, 3.05) is 12.0 Å². The van der Waals surface area contributed by atoms with Crippen LogP contribution in [0.4, 0.5) is 5.82 Å². The smallest absolute Gasteiger partial charge is 0.342 e. The minimum absolute atomic E-state index is 0.282. The molecule has 2 aromatic heterocycles. The predicted octanol–water partition coefficient (Wildman–Crippen LogP) is 3.36. The molecular formula is C20H24N6O2. The first-order valence-electron chi connectivity index (χ1n) is 9.23. The third kappa shape index (κ3) is 4.16. The van der Waals surface area contributed by atoms with E-state index in [4.69, 9.17) is 4.74 Å². The van der Waals surface area contributed by atoms with Crippen LogP contribution in [0.25, 0.3) is 11.0 Å². The van der Waals surface area contributed by atoms with Gasteiger partial charge in [-0.15, -0.1) is 5.10 Å². The molecule has 146 valence electrons. The van der Waals surface area contributed by atoms with Gasteiger partial charge in [0.2, 0.25) is 0 Å². The Balaban J connectivity index is 2.07. The van der Waals surface area contributed by atoms with Crippen LogP contribution in [0.3, 0.4) is 0 Å². The van der Waals surface area contributed by atoms with Crippen molar-refractivity contribution in [3.8, 4) is 0 Å². The van der Waals surface area contributed by atoms with E-state index in [1.165, 1.54) is 5.56 Å². The number of anilines is 1. The lowest BCUT2D eigenvalue weighted by atomic mass is 10.1. The van der Waals surface area contributed by atoms with Crippen LogP contribution in [-0.4, -0.2) is 38.3 Å². The van der Waals surface area contributed by atoms with Gasteiger partial charge in [-0.05, 0) is 39.7 Å². The fourth-order valence-electron chi connectivity index (χ4n) is 2.89. The number of rotatable bonds is 7. The summed E-state index contributed by atoms with van der Waals surface area (Å²) in [6, 6.07) is 10.1. The van der Waals surface area contributed by atoms with Gasteiger partial charge in [0.25, 0.3) is 0 Å². The molecule has 0 bridgehead atoms. The Bertz CT molecular complexity index is 1010. The number of carbonyl (C=O) groups excluding carboxylic acids is 1. The fourth-order valence-corrected chi connectivity index (χ4v) is 2.89. The van der Waals surface area contributed by atoms with E-state index in [1.807, 2.05) is 32.0 Å². The number of benzene rings is 1. The Labute approximate surface area is 163 Å². The molecule has 0 radical (unpaired) electrons. The molecule has 28 heavy (non-hydrogen) atoms. The van der Waals surface area contributed by atoms with Gasteiger partial charge < -0.3 is 4.74 Å². The SMILES string of the molecule is CCOC(=O)c1c(C)nc(NN=C(C)C)c2nnn(CCc3ccccc3)c12. The topological polar surface area (TPSA) is 94.3 Å². The Morgan fingerprint density at radius 2 is 2.00 bits per heavy atom. The van der Waals surface area contributed by atoms with Gasteiger partial charge in [-0.25, -0.2) is 14.5 Å². The van der Waals surface area contributed by atoms with E-state index in [9.17, 15) is 4.79 Å². The summed E-state index contributed by atoms with van der Waals surface area (Å²) in [5.74, 6) is 0.0372. The molecule has 0 aliphatic carbocycles. The average molecular weight is 380 g/mol. The van der Waals surface area contributed by atoms with Crippen LogP contribution in [0.15, 0.2) is 35.4 Å². The van der Waals surface area contributed by atoms with Gasteiger partial charge in [0.1, 0.15) is 11.1 Å². The highest BCUT2D eigenvalue weighted by molar-refractivity contribution is 6.05. The van der Waals surface area contributed by atoms with E-state index < -0.39 is 5.97 Å². The molecule has 8 nitrogen and oxygen atoms in total. The van der Waals surface area contributed by atoms with E-state index in [2.05, 4.69) is 38.0 Å². The van der Waals surface area contributed by atoms with Crippen molar-refractivity contribution in [1.29, 1.82) is 0 Å². The molecule has 0 spiro atoms. The zero-order chi connectivity index (χ0) is 20.1. The largest absolute Gasteiger partial charge is 0.462 e. The zero-order valence-electron chi connectivity index (χ0n) is 16.6. The number of aryl methyl sites for hydroxylation is 3. The van der Waals surface area contributed by atoms with Gasteiger partial charge in [0.15, 0.2) is 11.3 Å². The molecule has 0 fully saturated rings. The number of esters is 1. The molecule has 1 N–H and O–H groups in total. The van der Waals surface area contributed by atoms with Crippen molar-refractivity contribution in [1.82, 2.24) is 20.0 Å². The average Bonchev–Trinajstić information content (AvgIpc) is 3.09. The highest BCUT2D eigenvalue weighted by Gasteiger charge is 2.23. The lowest BCUT2D eigenvalue weighted by Gasteiger charge is -2.11. The molecule has 0 aliphatic heterocycles. The number of nitrogens with one attached hydrogen (secondary N) is 1. The van der Waals surface area contributed by atoms with Crippen LogP contribution < -0.4 is 5.43 Å². The molecule has 8 heteroatoms. The first-order valence-corrected chi connectivity index (χ1v) is 9.23. The lowest BCUT2D eigenvalue weighted by Crippen LogP contribution is -2.13. The summed E-state index contributed by atoms with van der Waals surface area (Å²) in [4.78, 5) is 17.1. The van der Waals surface area contributed by atoms with Gasteiger partial charge >= 0.3 is 5.97 Å². The maximum absolute atomic E-state index is 12.6. The van der Waals surface area contributed by atoms with E-state index in [0.717, 1.165) is 12.1 Å². The van der Waals surface area contributed by atoms with Crippen LogP contribution in [0.5, 0.6) is 0 Å². The minimum Gasteiger partial charge on any atom is -0.462 e. The first kappa shape index (κ1) is 19.5. The Kier molecular flexibility index (Phi) is 5.98. The fraction of sp³-hybridized carbons (Fsp3) is 0.350. The summed E-state index contributed by atoms with van der Waals surface area (Å²) < 4.78 is 6.98. The number of fused-ring (bicyclic) bond motifs is 1. The quantitative estimate of drug-likeness (QED) is 0.384. The molecular weight excluding hydrogens is 356 g/mol. The van der Waals surface area contributed by atoms with Gasteiger partial charge in [0.05, 0.1) is 12.3 Å². The molecule has 2 heterocycles. The second-order valence-electron chi connectivity index (χ2n) is 6.56. The molecule has 0 saturated carbocycles. The van der Waals surface area contributed by atoms with E-state index >= 15 is 0 Å². The summed E-state index contributed by atoms with van der Waals surface area (Å²) >= 11 is 0. The van der Waals surface area contributed by atoms with Crippen molar-refractivity contribution < 1.29 is 9.53 Å². The van der Waals surface area contributed by atoms with Crippen LogP contribution in [0.2, 0.25) is 0 Å². The van der Waals surface area contributed by atoms with Crippen molar-refractivity contribution >= 4 is 28.5 Å². The Morgan fingerprint density at radius 3 is 2.68 bits per heavy atom. The maximum atomic E-state index is 12.6. The van der Waals surface area contributed by atoms with Crippen LogP contribution >= 0.6 is 0 Å². The number of hydrazone groups is 1. The van der Waals surface area contributed by atoms with Gasteiger partial charge in [0, 0.05) is 12.3 Å². The van der Waals surface area contributed by atoms with Gasteiger partial charge in [-0.3, -0.25) is 5.43 Å². The molecule has 1 aromatic carbocycles. The summed E-state index contributed by atoms with van der Waals surface area (Å²) in [6.45, 7) is 8.16. The third-order valence-electron chi connectivity index (χ3n) is 4.16. The molecule has 0 aliphatic rings. The minimum atomic E-state index is -0.428. The number of nitrogens with zero attached hydrogens (tertiary/aromatic N) is 5. The lowest BCUT2D eigenvalue weighted by molar-refractivity contribution is 0.0527. The Hall–Kier alpha value is -3.29. The predicted molar refractivity (Wildman–Crippen MR) is 109 cm³/mol. The summed E-state index contributed by atoms with van der Waals surface area (Å²) in [5.41, 5.74) is 6.97. The summed E-state index contributed by atoms with van der Waals surface area (Å²) in [7, 11) is 0. The van der Waals surface area contributed by atoms with Gasteiger partial charge in [-0.2, -0.15) is 5.10 Å². The zero-order valence-corrected chi connectivity index (χ0v) is 16.6. The summed E-state index contributed by atoms with van der Waals surface area (Å²) in [6.07, 6.45) is 0.762. The second kappa shape index (κ2) is 8.60. The standard InChI is InChI=1S/C20H24N6O2/c1-5-28-20(27)16-14(4)21-19(24-22-13(2)3)17-18(16)26(25-23-17)12-11-15-9-7-6-8-10-15/h6-10H,5,11-12H2,1-4H3,(H,21,24). The van der Waals surface area contributed by atoms with Crippen molar-refractivity contribution in [2.45, 2.75) is 40.7 Å². The number of aromatic nitrogens is 4. The molecule has 0 amide bonds. The number of hydrogen-bond acceptors (Lipinski definition) is 7. The Morgan fingerprint density at radius 1 is 1.25 bits per heavy atom. The monoisotopic (exact) mass is 380 g/mol. The van der Waals surface area contributed by atoms with Crippen molar-refractivity contribution in [2.24, 2.45) is 5.10 Å². The molecule has 3 rings (SSSR count). The molecule has 0 atom stereocenters. The number of ether oxygens (including phenoxy) is 1. The maximum Gasteiger partial charge on any atom is 0.342 e. The molecule has 0 unspecified atom stereocenters. The number of hydrogen-bond donors (Lipinski definition) is 1. The normalized spacial score (nSPS) is 10.7. The highest BCUT2D eigenvalue weighted by Crippen LogP contribution is 2.26. The van der Waals surface area contributed by atoms with Crippen molar-refractivity contribution in [3.63, 3.8) is 0 Å². The highest BCUT2D eigenvalue weighted by atomic mass is 16.5. The second-order valence-corrected chi connectivity index (χ2v) is 6.56. The number of carbonyl (C=O) groups is 1. The third-order valence-corrected chi connectivity index (χ3v) is 4.16. The first-order chi connectivity index (χ1) is 13.5. The molecule has 0 saturated heterocycles. The molecule has 3 aromatic rings. The van der Waals surface area contributed by atoms with E-state index in [1.54, 1.807) is 18.5 Å². The summed E-state index contributed by atoms with van der Waals surface area (Å²) in [5, 5.41) is 12.7. The van der Waals surface area contributed by atoms with Crippen LogP contribution in [0.1, 0.15) is 42.4 Å². The van der Waals surface area contributed by atoms with E-state index in [0.29, 0.717) is 34.7 Å². The van der Waals surface area contributed by atoms with Gasteiger partial charge in [-0.1, -0.05) is 35.5 Å². The number of pyridine rings is 1. The van der Waals surface area contributed by atoms with Crippen LogP contribution in [-0.2, 0) is 17.7 Å². The van der Waals surface area contributed by atoms with Crippen molar-refractivity contribution in [3.05, 3.63) is 47.2 Å². The van der Waals surface area contributed by atoms with E-state index in [-0.39, 0.29) is 6.61 Å².